The molecule has 2 heterocycles. The molecule has 1 aromatic rings. The van der Waals surface area contributed by atoms with Crippen LogP contribution in [-0.4, -0.2) is 27.9 Å². The quantitative estimate of drug-likeness (QED) is 0.783. The number of carbonyl (C=O) groups excluding carboxylic acids is 1. The van der Waals surface area contributed by atoms with Gasteiger partial charge in [-0.1, -0.05) is 6.42 Å². The van der Waals surface area contributed by atoms with E-state index in [4.69, 9.17) is 4.74 Å². The third kappa shape index (κ3) is 3.48. The second-order valence-electron chi connectivity index (χ2n) is 4.80. The summed E-state index contributed by atoms with van der Waals surface area (Å²) in [6.45, 7) is 3.93. The van der Waals surface area contributed by atoms with Crippen LogP contribution >= 0.6 is 11.8 Å². The molecule has 1 atom stereocenters. The highest BCUT2D eigenvalue weighted by atomic mass is 32.2. The summed E-state index contributed by atoms with van der Waals surface area (Å²) >= 11 is 1.77. The molecule has 0 N–H and O–H groups in total. The summed E-state index contributed by atoms with van der Waals surface area (Å²) < 4.78 is 5.57. The number of carbonyl (C=O) groups is 1. The van der Waals surface area contributed by atoms with Gasteiger partial charge in [0.05, 0.1) is 17.6 Å². The van der Waals surface area contributed by atoms with E-state index >= 15 is 0 Å². The number of ketones is 1. The number of thioether (sulfide) groups is 1. The van der Waals surface area contributed by atoms with E-state index < -0.39 is 0 Å². The van der Waals surface area contributed by atoms with Crippen molar-refractivity contribution in [2.24, 2.45) is 0 Å². The first kappa shape index (κ1) is 13.4. The Labute approximate surface area is 112 Å². The Hall–Kier alpha value is -1.03. The molecular weight excluding hydrogens is 246 g/mol. The van der Waals surface area contributed by atoms with Gasteiger partial charge in [0, 0.05) is 11.8 Å². The van der Waals surface area contributed by atoms with Crippen molar-refractivity contribution in [2.75, 3.05) is 5.75 Å². The van der Waals surface area contributed by atoms with Crippen LogP contribution < -0.4 is 4.74 Å². The number of ether oxygens (including phenoxy) is 1. The van der Waals surface area contributed by atoms with Crippen LogP contribution in [0.2, 0.25) is 0 Å². The lowest BCUT2D eigenvalue weighted by molar-refractivity contribution is 0.0983. The maximum Gasteiger partial charge on any atom is 0.177 e. The Morgan fingerprint density at radius 3 is 2.94 bits per heavy atom. The average Bonchev–Trinajstić information content (AvgIpc) is 2.38. The lowest BCUT2D eigenvalue weighted by atomic mass is 10.1. The van der Waals surface area contributed by atoms with E-state index in [0.717, 1.165) is 18.6 Å². The van der Waals surface area contributed by atoms with Gasteiger partial charge < -0.3 is 4.74 Å². The van der Waals surface area contributed by atoms with Crippen LogP contribution in [0, 0.1) is 0 Å². The summed E-state index contributed by atoms with van der Waals surface area (Å²) in [5.41, 5.74) is 0.674. The summed E-state index contributed by atoms with van der Waals surface area (Å²) in [5, 5.41) is 0.106. The lowest BCUT2D eigenvalue weighted by Crippen LogP contribution is -2.21. The number of aromatic nitrogens is 1. The van der Waals surface area contributed by atoms with Crippen molar-refractivity contribution >= 4 is 17.5 Å². The molecule has 0 bridgehead atoms. The van der Waals surface area contributed by atoms with E-state index in [0.29, 0.717) is 11.3 Å². The zero-order chi connectivity index (χ0) is 13.0. The molecule has 1 fully saturated rings. The topological polar surface area (TPSA) is 39.2 Å². The van der Waals surface area contributed by atoms with Crippen LogP contribution in [0.1, 0.15) is 43.5 Å². The predicted molar refractivity (Wildman–Crippen MR) is 74.4 cm³/mol. The average molecular weight is 265 g/mol. The van der Waals surface area contributed by atoms with Gasteiger partial charge in [0.2, 0.25) is 0 Å². The highest BCUT2D eigenvalue weighted by Gasteiger charge is 2.23. The van der Waals surface area contributed by atoms with Crippen molar-refractivity contribution in [1.82, 2.24) is 4.98 Å². The number of pyridine rings is 1. The molecule has 1 saturated heterocycles. The van der Waals surface area contributed by atoms with Crippen LogP contribution in [0.4, 0.5) is 0 Å². The van der Waals surface area contributed by atoms with Crippen molar-refractivity contribution in [2.45, 2.75) is 44.5 Å². The standard InChI is InChI=1S/C14H19NO2S/c1-10(2)17-12-7-11(8-15-9-12)14(16)13-5-3-4-6-18-13/h7-10,13H,3-6H2,1-2H3. The highest BCUT2D eigenvalue weighted by molar-refractivity contribution is 8.00. The molecule has 0 saturated carbocycles. The first-order chi connectivity index (χ1) is 8.66. The van der Waals surface area contributed by atoms with Crippen LogP contribution in [0.25, 0.3) is 0 Å². The number of rotatable bonds is 4. The number of hydrogen-bond acceptors (Lipinski definition) is 4. The van der Waals surface area contributed by atoms with Crippen molar-refractivity contribution in [1.29, 1.82) is 0 Å². The van der Waals surface area contributed by atoms with Crippen LogP contribution in [-0.2, 0) is 0 Å². The number of Topliss-reactive ketones (excluding diaryl/α,β-unsaturated/α-hetero) is 1. The second-order valence-corrected chi connectivity index (χ2v) is 6.11. The fraction of sp³-hybridized carbons (Fsp3) is 0.571. The van der Waals surface area contributed by atoms with Crippen LogP contribution in [0.3, 0.4) is 0 Å². The zero-order valence-electron chi connectivity index (χ0n) is 10.9. The van der Waals surface area contributed by atoms with Crippen molar-refractivity contribution in [3.8, 4) is 5.75 Å². The number of hydrogen-bond donors (Lipinski definition) is 0. The van der Waals surface area contributed by atoms with Crippen molar-refractivity contribution < 1.29 is 9.53 Å². The minimum atomic E-state index is 0.0983. The Morgan fingerprint density at radius 2 is 2.28 bits per heavy atom. The number of nitrogens with zero attached hydrogens (tertiary/aromatic N) is 1. The molecule has 2 rings (SSSR count). The maximum atomic E-state index is 12.3. The molecule has 0 aromatic carbocycles. The summed E-state index contributed by atoms with van der Waals surface area (Å²) in [6.07, 6.45) is 6.76. The van der Waals surface area contributed by atoms with E-state index in [1.54, 1.807) is 24.2 Å². The van der Waals surface area contributed by atoms with Crippen LogP contribution in [0.5, 0.6) is 5.75 Å². The fourth-order valence-corrected chi connectivity index (χ4v) is 3.30. The normalized spacial score (nSPS) is 19.8. The summed E-state index contributed by atoms with van der Waals surface area (Å²) in [7, 11) is 0. The molecule has 18 heavy (non-hydrogen) atoms. The molecule has 1 unspecified atom stereocenters. The van der Waals surface area contributed by atoms with E-state index in [-0.39, 0.29) is 17.1 Å². The molecule has 1 aromatic heterocycles. The Kier molecular flexibility index (Phi) is 4.64. The molecule has 0 spiro atoms. The van der Waals surface area contributed by atoms with Gasteiger partial charge in [0.15, 0.2) is 5.78 Å². The SMILES string of the molecule is CC(C)Oc1cncc(C(=O)C2CCCCS2)c1. The van der Waals surface area contributed by atoms with Crippen LogP contribution in [0.15, 0.2) is 18.5 Å². The van der Waals surface area contributed by atoms with E-state index in [9.17, 15) is 4.79 Å². The third-order valence-corrected chi connectivity index (χ3v) is 4.22. The minimum absolute atomic E-state index is 0.0983. The molecule has 1 aliphatic heterocycles. The Balaban J connectivity index is 2.09. The molecular formula is C14H19NO2S. The molecule has 0 aliphatic carbocycles. The smallest absolute Gasteiger partial charge is 0.177 e. The fourth-order valence-electron chi connectivity index (χ4n) is 2.02. The minimum Gasteiger partial charge on any atom is -0.489 e. The predicted octanol–water partition coefficient (Wildman–Crippen LogP) is 3.34. The molecule has 3 nitrogen and oxygen atoms in total. The molecule has 0 amide bonds. The van der Waals surface area contributed by atoms with Gasteiger partial charge in [0.1, 0.15) is 5.75 Å². The van der Waals surface area contributed by atoms with Gasteiger partial charge in [-0.25, -0.2) is 0 Å². The first-order valence-corrected chi connectivity index (χ1v) is 7.49. The van der Waals surface area contributed by atoms with Gasteiger partial charge in [-0.2, -0.15) is 11.8 Å². The molecule has 98 valence electrons. The highest BCUT2D eigenvalue weighted by Crippen LogP contribution is 2.28. The van der Waals surface area contributed by atoms with Gasteiger partial charge in [-0.05, 0) is 38.5 Å². The molecule has 4 heteroatoms. The third-order valence-electron chi connectivity index (χ3n) is 2.84. The van der Waals surface area contributed by atoms with Gasteiger partial charge in [-0.3, -0.25) is 9.78 Å². The van der Waals surface area contributed by atoms with E-state index in [1.807, 2.05) is 19.9 Å². The van der Waals surface area contributed by atoms with E-state index in [1.165, 1.54) is 6.42 Å². The van der Waals surface area contributed by atoms with E-state index in [2.05, 4.69) is 4.98 Å². The first-order valence-electron chi connectivity index (χ1n) is 6.44. The van der Waals surface area contributed by atoms with Gasteiger partial charge in [0.25, 0.3) is 0 Å². The zero-order valence-corrected chi connectivity index (χ0v) is 11.7. The molecule has 0 radical (unpaired) electrons. The summed E-state index contributed by atoms with van der Waals surface area (Å²) in [6, 6.07) is 1.81. The Bertz CT molecular complexity index is 414. The monoisotopic (exact) mass is 265 g/mol. The van der Waals surface area contributed by atoms with Crippen molar-refractivity contribution in [3.05, 3.63) is 24.0 Å². The largest absolute Gasteiger partial charge is 0.489 e. The van der Waals surface area contributed by atoms with Gasteiger partial charge >= 0.3 is 0 Å². The van der Waals surface area contributed by atoms with Crippen molar-refractivity contribution in [3.63, 3.8) is 0 Å². The summed E-state index contributed by atoms with van der Waals surface area (Å²) in [5.74, 6) is 1.96. The maximum absolute atomic E-state index is 12.3. The molecule has 1 aliphatic rings. The Morgan fingerprint density at radius 1 is 1.44 bits per heavy atom. The second kappa shape index (κ2) is 6.23. The summed E-state index contributed by atoms with van der Waals surface area (Å²) in [4.78, 5) is 16.4. The van der Waals surface area contributed by atoms with Gasteiger partial charge in [-0.15, -0.1) is 0 Å². The lowest BCUT2D eigenvalue weighted by Gasteiger charge is -2.20.